The molecule has 1 amide bonds. The van der Waals surface area contributed by atoms with E-state index in [4.69, 9.17) is 10.5 Å². The fraction of sp³-hybridized carbons (Fsp3) is 0.222. The van der Waals surface area contributed by atoms with Crippen LogP contribution >= 0.6 is 0 Å². The molecule has 0 aliphatic heterocycles. The SMILES string of the molecule is C[C@@H](OC(N)=O)c1ccccc1.[HH]. The highest BCUT2D eigenvalue weighted by atomic mass is 16.6. The molecule has 0 saturated heterocycles. The van der Waals surface area contributed by atoms with Crippen LogP contribution in [0.5, 0.6) is 0 Å². The van der Waals surface area contributed by atoms with Crippen molar-refractivity contribution in [1.82, 2.24) is 0 Å². The highest BCUT2D eigenvalue weighted by Crippen LogP contribution is 2.14. The molecule has 0 bridgehead atoms. The van der Waals surface area contributed by atoms with Crippen molar-refractivity contribution in [1.29, 1.82) is 0 Å². The average Bonchev–Trinajstić information content (AvgIpc) is 2.05. The van der Waals surface area contributed by atoms with E-state index in [0.717, 1.165) is 5.56 Å². The van der Waals surface area contributed by atoms with Crippen LogP contribution in [0.2, 0.25) is 0 Å². The Morgan fingerprint density at radius 2 is 2.08 bits per heavy atom. The molecule has 0 aliphatic rings. The standard InChI is InChI=1S/C9H11NO2.H2/c1-7(12-9(10)11)8-5-3-2-4-6-8;/h2-7H,1H3,(H2,10,11);1H/t7-;/m1./s1. The van der Waals surface area contributed by atoms with Crippen LogP contribution in [0.3, 0.4) is 0 Å². The first kappa shape index (κ1) is 8.59. The van der Waals surface area contributed by atoms with E-state index in [9.17, 15) is 4.79 Å². The van der Waals surface area contributed by atoms with Gasteiger partial charge in [0.2, 0.25) is 0 Å². The van der Waals surface area contributed by atoms with Gasteiger partial charge in [0, 0.05) is 1.43 Å². The first-order chi connectivity index (χ1) is 5.70. The van der Waals surface area contributed by atoms with Crippen molar-refractivity contribution < 1.29 is 11.0 Å². The summed E-state index contributed by atoms with van der Waals surface area (Å²) in [6.07, 6.45) is -1.02. The lowest BCUT2D eigenvalue weighted by Gasteiger charge is -2.10. The summed E-state index contributed by atoms with van der Waals surface area (Å²) in [6, 6.07) is 9.44. The molecule has 1 aromatic rings. The van der Waals surface area contributed by atoms with Crippen LogP contribution < -0.4 is 5.73 Å². The lowest BCUT2D eigenvalue weighted by molar-refractivity contribution is 0.116. The van der Waals surface area contributed by atoms with Gasteiger partial charge in [-0.15, -0.1) is 0 Å². The Balaban J connectivity index is 0.00000144. The normalized spacial score (nSPS) is 12.1. The molecule has 3 nitrogen and oxygen atoms in total. The fourth-order valence-corrected chi connectivity index (χ4v) is 0.966. The quantitative estimate of drug-likeness (QED) is 0.733. The molecule has 2 N–H and O–H groups in total. The second-order valence-corrected chi connectivity index (χ2v) is 2.49. The van der Waals surface area contributed by atoms with Crippen molar-refractivity contribution >= 4 is 6.09 Å². The molecule has 1 rings (SSSR count). The number of ether oxygens (including phenoxy) is 1. The topological polar surface area (TPSA) is 52.3 Å². The van der Waals surface area contributed by atoms with E-state index in [-0.39, 0.29) is 7.53 Å². The van der Waals surface area contributed by atoms with Crippen molar-refractivity contribution in [2.24, 2.45) is 5.73 Å². The van der Waals surface area contributed by atoms with Crippen LogP contribution in [-0.2, 0) is 4.74 Å². The third-order valence-corrected chi connectivity index (χ3v) is 1.56. The Hall–Kier alpha value is -1.51. The van der Waals surface area contributed by atoms with E-state index >= 15 is 0 Å². The maximum Gasteiger partial charge on any atom is 0.405 e. The number of primary amides is 1. The molecule has 0 unspecified atom stereocenters. The van der Waals surface area contributed by atoms with Gasteiger partial charge in [-0.1, -0.05) is 30.3 Å². The first-order valence-electron chi connectivity index (χ1n) is 3.71. The molecule has 0 aliphatic carbocycles. The van der Waals surface area contributed by atoms with Crippen molar-refractivity contribution in [2.75, 3.05) is 0 Å². The molecule has 1 atom stereocenters. The van der Waals surface area contributed by atoms with Gasteiger partial charge in [-0.3, -0.25) is 0 Å². The first-order valence-corrected chi connectivity index (χ1v) is 3.71. The molecular weight excluding hydrogens is 154 g/mol. The molecule has 66 valence electrons. The number of hydrogen-bond acceptors (Lipinski definition) is 2. The molecule has 0 radical (unpaired) electrons. The van der Waals surface area contributed by atoms with E-state index in [2.05, 4.69) is 0 Å². The lowest BCUT2D eigenvalue weighted by atomic mass is 10.1. The Labute approximate surface area is 72.6 Å². The van der Waals surface area contributed by atoms with E-state index < -0.39 is 6.09 Å². The summed E-state index contributed by atoms with van der Waals surface area (Å²) in [5, 5.41) is 0. The zero-order valence-electron chi connectivity index (χ0n) is 6.86. The predicted molar refractivity (Wildman–Crippen MR) is 47.6 cm³/mol. The number of benzene rings is 1. The molecule has 0 heterocycles. The summed E-state index contributed by atoms with van der Waals surface area (Å²) in [6.45, 7) is 1.78. The number of rotatable bonds is 2. The lowest BCUT2D eigenvalue weighted by Crippen LogP contribution is -2.15. The monoisotopic (exact) mass is 167 g/mol. The second kappa shape index (κ2) is 3.76. The van der Waals surface area contributed by atoms with Gasteiger partial charge in [-0.05, 0) is 12.5 Å². The molecular formula is C9H13NO2. The Morgan fingerprint density at radius 1 is 1.50 bits per heavy atom. The molecule has 1 aromatic carbocycles. The molecule has 12 heavy (non-hydrogen) atoms. The highest BCUT2D eigenvalue weighted by Gasteiger charge is 2.06. The number of carbonyl (C=O) groups excluding carboxylic acids is 1. The van der Waals surface area contributed by atoms with Gasteiger partial charge in [0.1, 0.15) is 6.10 Å². The van der Waals surface area contributed by atoms with Crippen LogP contribution in [0.15, 0.2) is 30.3 Å². The van der Waals surface area contributed by atoms with Crippen molar-refractivity contribution in [2.45, 2.75) is 13.0 Å². The van der Waals surface area contributed by atoms with Crippen molar-refractivity contribution in [3.05, 3.63) is 35.9 Å². The van der Waals surface area contributed by atoms with Gasteiger partial charge < -0.3 is 10.5 Å². The minimum atomic E-state index is -0.744. The maximum absolute atomic E-state index is 10.4. The predicted octanol–water partition coefficient (Wildman–Crippen LogP) is 2.09. The molecule has 0 saturated carbocycles. The van der Waals surface area contributed by atoms with Gasteiger partial charge in [-0.2, -0.15) is 0 Å². The number of hydrogen-bond donors (Lipinski definition) is 1. The van der Waals surface area contributed by atoms with Crippen LogP contribution in [-0.4, -0.2) is 6.09 Å². The van der Waals surface area contributed by atoms with E-state index in [1.807, 2.05) is 30.3 Å². The molecule has 0 aromatic heterocycles. The Bertz CT molecular complexity index is 264. The second-order valence-electron chi connectivity index (χ2n) is 2.49. The number of amides is 1. The van der Waals surface area contributed by atoms with Crippen molar-refractivity contribution in [3.63, 3.8) is 0 Å². The molecule has 3 heteroatoms. The smallest absolute Gasteiger partial charge is 0.405 e. The van der Waals surface area contributed by atoms with Gasteiger partial charge in [-0.25, -0.2) is 4.79 Å². The van der Waals surface area contributed by atoms with Crippen LogP contribution in [0.1, 0.15) is 20.0 Å². The summed E-state index contributed by atoms with van der Waals surface area (Å²) >= 11 is 0. The highest BCUT2D eigenvalue weighted by molar-refractivity contribution is 5.64. The third kappa shape index (κ3) is 2.27. The minimum absolute atomic E-state index is 0. The maximum atomic E-state index is 10.4. The Morgan fingerprint density at radius 3 is 2.58 bits per heavy atom. The summed E-state index contributed by atoms with van der Waals surface area (Å²) in [5.41, 5.74) is 5.81. The van der Waals surface area contributed by atoms with E-state index in [1.165, 1.54) is 0 Å². The average molecular weight is 167 g/mol. The summed E-state index contributed by atoms with van der Waals surface area (Å²) in [5.74, 6) is 0. The minimum Gasteiger partial charge on any atom is -0.442 e. The van der Waals surface area contributed by atoms with Crippen LogP contribution in [0.25, 0.3) is 0 Å². The summed E-state index contributed by atoms with van der Waals surface area (Å²) < 4.78 is 4.78. The zero-order valence-corrected chi connectivity index (χ0v) is 6.86. The van der Waals surface area contributed by atoms with E-state index in [1.54, 1.807) is 6.92 Å². The third-order valence-electron chi connectivity index (χ3n) is 1.56. The van der Waals surface area contributed by atoms with Gasteiger partial charge in [0.15, 0.2) is 0 Å². The summed E-state index contributed by atoms with van der Waals surface area (Å²) in [4.78, 5) is 10.4. The molecule has 0 spiro atoms. The summed E-state index contributed by atoms with van der Waals surface area (Å²) in [7, 11) is 0. The van der Waals surface area contributed by atoms with Crippen molar-refractivity contribution in [3.8, 4) is 0 Å². The van der Waals surface area contributed by atoms with Crippen LogP contribution in [0, 0.1) is 0 Å². The fourth-order valence-electron chi connectivity index (χ4n) is 0.966. The van der Waals surface area contributed by atoms with Gasteiger partial charge in [0.25, 0.3) is 0 Å². The van der Waals surface area contributed by atoms with Crippen LogP contribution in [0.4, 0.5) is 4.79 Å². The number of carbonyl (C=O) groups is 1. The molecule has 0 fully saturated rings. The Kier molecular flexibility index (Phi) is 2.69. The largest absolute Gasteiger partial charge is 0.442 e. The van der Waals surface area contributed by atoms with E-state index in [0.29, 0.717) is 0 Å². The van der Waals surface area contributed by atoms with Gasteiger partial charge in [0.05, 0.1) is 0 Å². The van der Waals surface area contributed by atoms with Gasteiger partial charge >= 0.3 is 6.09 Å². The zero-order chi connectivity index (χ0) is 8.97. The number of nitrogens with two attached hydrogens (primary N) is 1.